The van der Waals surface area contributed by atoms with Gasteiger partial charge in [-0.05, 0) is 49.1 Å². The number of hydrogen-bond acceptors (Lipinski definition) is 5. The number of amides is 2. The molecule has 0 radical (unpaired) electrons. The molecule has 1 aromatic carbocycles. The van der Waals surface area contributed by atoms with E-state index in [0.29, 0.717) is 24.0 Å². The first-order valence-corrected chi connectivity index (χ1v) is 12.2. The van der Waals surface area contributed by atoms with Gasteiger partial charge in [-0.25, -0.2) is 12.8 Å². The van der Waals surface area contributed by atoms with E-state index < -0.39 is 32.5 Å². The molecule has 2 amide bonds. The van der Waals surface area contributed by atoms with E-state index >= 15 is 0 Å². The number of aromatic nitrogens is 1. The Hall–Kier alpha value is -3.01. The van der Waals surface area contributed by atoms with Crippen molar-refractivity contribution in [3.05, 3.63) is 68.9 Å². The van der Waals surface area contributed by atoms with Gasteiger partial charge in [0.2, 0.25) is 0 Å². The number of sulfone groups is 1. The second kappa shape index (κ2) is 8.50. The van der Waals surface area contributed by atoms with Gasteiger partial charge in [-0.1, -0.05) is 12.1 Å². The predicted octanol–water partition coefficient (Wildman–Crippen LogP) is 1.26. The van der Waals surface area contributed by atoms with E-state index in [2.05, 4.69) is 5.32 Å². The van der Waals surface area contributed by atoms with Gasteiger partial charge < -0.3 is 14.8 Å². The van der Waals surface area contributed by atoms with Crippen molar-refractivity contribution >= 4 is 21.7 Å². The molecule has 0 bridgehead atoms. The summed E-state index contributed by atoms with van der Waals surface area (Å²) in [5, 5.41) is 2.04. The van der Waals surface area contributed by atoms with Gasteiger partial charge in [-0.2, -0.15) is 0 Å². The summed E-state index contributed by atoms with van der Waals surface area (Å²) in [4.78, 5) is 39.7. The van der Waals surface area contributed by atoms with E-state index in [1.165, 1.54) is 27.7 Å². The molecule has 1 N–H and O–H groups in total. The number of aryl methyl sites for hydroxylation is 1. The van der Waals surface area contributed by atoms with Crippen LogP contribution in [0.4, 0.5) is 4.39 Å². The highest BCUT2D eigenvalue weighted by atomic mass is 32.2. The van der Waals surface area contributed by atoms with E-state index in [1.54, 1.807) is 19.1 Å². The van der Waals surface area contributed by atoms with Crippen molar-refractivity contribution in [1.82, 2.24) is 14.8 Å². The number of carbonyl (C=O) groups is 2. The lowest BCUT2D eigenvalue weighted by molar-refractivity contribution is 0.0698. The van der Waals surface area contributed by atoms with Crippen LogP contribution < -0.4 is 10.9 Å². The molecule has 2 aliphatic rings. The van der Waals surface area contributed by atoms with Crippen LogP contribution in [0, 0.1) is 12.7 Å². The number of fused-ring (bicyclic) bond motifs is 1. The van der Waals surface area contributed by atoms with Crippen LogP contribution in [-0.4, -0.2) is 53.8 Å². The molecular formula is C22H24FN3O5S. The molecule has 10 heteroatoms. The van der Waals surface area contributed by atoms with E-state index in [4.69, 9.17) is 0 Å². The third-order valence-corrected chi connectivity index (χ3v) is 8.35. The first kappa shape index (κ1) is 22.2. The van der Waals surface area contributed by atoms with Crippen molar-refractivity contribution in [3.63, 3.8) is 0 Å². The molecule has 1 atom stereocenters. The summed E-state index contributed by atoms with van der Waals surface area (Å²) >= 11 is 0. The van der Waals surface area contributed by atoms with E-state index in [0.717, 1.165) is 0 Å². The summed E-state index contributed by atoms with van der Waals surface area (Å²) in [5.41, 5.74) is 0.496. The van der Waals surface area contributed by atoms with Crippen LogP contribution in [0.5, 0.6) is 0 Å². The van der Waals surface area contributed by atoms with Crippen molar-refractivity contribution < 1.29 is 22.4 Å². The van der Waals surface area contributed by atoms with Gasteiger partial charge in [0, 0.05) is 26.2 Å². The number of nitrogens with zero attached hydrogens (tertiary/aromatic N) is 2. The summed E-state index contributed by atoms with van der Waals surface area (Å²) in [6, 6.07) is 7.34. The Morgan fingerprint density at radius 1 is 1.19 bits per heavy atom. The smallest absolute Gasteiger partial charge is 0.270 e. The number of pyridine rings is 1. The maximum Gasteiger partial charge on any atom is 0.270 e. The van der Waals surface area contributed by atoms with Gasteiger partial charge >= 0.3 is 0 Å². The Morgan fingerprint density at radius 2 is 1.97 bits per heavy atom. The van der Waals surface area contributed by atoms with Crippen LogP contribution in [0.1, 0.15) is 44.8 Å². The third-order valence-electron chi connectivity index (χ3n) is 6.09. The minimum Gasteiger partial charge on any atom is -0.348 e. The third kappa shape index (κ3) is 4.19. The molecule has 0 aliphatic carbocycles. The van der Waals surface area contributed by atoms with Gasteiger partial charge in [0.05, 0.1) is 11.0 Å². The van der Waals surface area contributed by atoms with E-state index in [-0.39, 0.29) is 49.0 Å². The second-order valence-corrected chi connectivity index (χ2v) is 10.6. The monoisotopic (exact) mass is 461 g/mol. The lowest BCUT2D eigenvalue weighted by atomic mass is 10.1. The highest BCUT2D eigenvalue weighted by Crippen LogP contribution is 2.22. The Morgan fingerprint density at radius 3 is 2.66 bits per heavy atom. The van der Waals surface area contributed by atoms with Crippen LogP contribution in [0.2, 0.25) is 0 Å². The number of nitrogens with one attached hydrogen (secondary N) is 1. The molecule has 1 fully saturated rings. The number of halogens is 1. The summed E-state index contributed by atoms with van der Waals surface area (Å²) in [7, 11) is -3.19. The van der Waals surface area contributed by atoms with Crippen LogP contribution in [-0.2, 0) is 22.9 Å². The van der Waals surface area contributed by atoms with Crippen molar-refractivity contribution in [2.24, 2.45) is 0 Å². The molecular weight excluding hydrogens is 437 g/mol. The Balaban J connectivity index is 1.48. The average Bonchev–Trinajstić information content (AvgIpc) is 3.09. The minimum absolute atomic E-state index is 0.0554. The molecule has 1 unspecified atom stereocenters. The van der Waals surface area contributed by atoms with Crippen molar-refractivity contribution in [3.8, 4) is 0 Å². The number of benzene rings is 1. The predicted molar refractivity (Wildman–Crippen MR) is 116 cm³/mol. The highest BCUT2D eigenvalue weighted by Gasteiger charge is 2.36. The fourth-order valence-corrected chi connectivity index (χ4v) is 5.99. The number of carbonyl (C=O) groups excluding carboxylic acids is 2. The lowest BCUT2D eigenvalue weighted by Gasteiger charge is -2.31. The van der Waals surface area contributed by atoms with Crippen molar-refractivity contribution in [2.75, 3.05) is 18.8 Å². The molecule has 2 aromatic rings. The zero-order valence-corrected chi connectivity index (χ0v) is 18.5. The standard InChI is InChI=1S/C22H24FN3O5S/c1-14-4-5-15(11-18(14)23)12-24-20(27)17-6-7-19-22(29)25(8-9-26(19)21(17)28)13-16-3-2-10-32(16,30)31/h4-7,11,16H,2-3,8-10,12-13H2,1H3,(H,24,27). The average molecular weight is 462 g/mol. The summed E-state index contributed by atoms with van der Waals surface area (Å²) < 4.78 is 39.1. The van der Waals surface area contributed by atoms with Crippen LogP contribution in [0.3, 0.4) is 0 Å². The fraction of sp³-hybridized carbons (Fsp3) is 0.409. The molecule has 0 saturated carbocycles. The van der Waals surface area contributed by atoms with Crippen LogP contribution >= 0.6 is 0 Å². The zero-order valence-electron chi connectivity index (χ0n) is 17.6. The SMILES string of the molecule is Cc1ccc(CNC(=O)c2ccc3n(c2=O)CCN(CC2CCCS2(=O)=O)C3=O)cc1F. The first-order valence-electron chi connectivity index (χ1n) is 10.5. The molecule has 4 rings (SSSR count). The molecule has 8 nitrogen and oxygen atoms in total. The van der Waals surface area contributed by atoms with Crippen molar-refractivity contribution in [2.45, 2.75) is 38.1 Å². The van der Waals surface area contributed by atoms with Crippen LogP contribution in [0.25, 0.3) is 0 Å². The van der Waals surface area contributed by atoms with Gasteiger partial charge in [0.25, 0.3) is 17.4 Å². The Labute approximate surface area is 185 Å². The van der Waals surface area contributed by atoms with Gasteiger partial charge in [-0.15, -0.1) is 0 Å². The van der Waals surface area contributed by atoms with Crippen LogP contribution in [0.15, 0.2) is 35.1 Å². The highest BCUT2D eigenvalue weighted by molar-refractivity contribution is 7.92. The van der Waals surface area contributed by atoms with Gasteiger partial charge in [0.15, 0.2) is 9.84 Å². The lowest BCUT2D eigenvalue weighted by Crippen LogP contribution is -2.48. The maximum atomic E-state index is 13.7. The molecule has 2 aliphatic heterocycles. The molecule has 1 saturated heterocycles. The quantitative estimate of drug-likeness (QED) is 0.722. The van der Waals surface area contributed by atoms with E-state index in [9.17, 15) is 27.2 Å². The molecule has 1 aromatic heterocycles. The number of rotatable bonds is 5. The largest absolute Gasteiger partial charge is 0.348 e. The fourth-order valence-electron chi connectivity index (χ4n) is 4.15. The Bertz CT molecular complexity index is 1250. The summed E-state index contributed by atoms with van der Waals surface area (Å²) in [6.07, 6.45) is 1.13. The van der Waals surface area contributed by atoms with Gasteiger partial charge in [0.1, 0.15) is 17.1 Å². The zero-order chi connectivity index (χ0) is 23.0. The second-order valence-electron chi connectivity index (χ2n) is 8.24. The molecule has 170 valence electrons. The summed E-state index contributed by atoms with van der Waals surface area (Å²) in [5.74, 6) is -1.27. The maximum absolute atomic E-state index is 13.7. The van der Waals surface area contributed by atoms with Gasteiger partial charge in [-0.3, -0.25) is 14.4 Å². The Kier molecular flexibility index (Phi) is 5.89. The molecule has 32 heavy (non-hydrogen) atoms. The molecule has 0 spiro atoms. The normalized spacial score (nSPS) is 19.6. The summed E-state index contributed by atoms with van der Waals surface area (Å²) in [6.45, 7) is 2.19. The van der Waals surface area contributed by atoms with E-state index in [1.807, 2.05) is 0 Å². The van der Waals surface area contributed by atoms with Crippen molar-refractivity contribution in [1.29, 1.82) is 0 Å². The number of hydrogen-bond donors (Lipinski definition) is 1. The molecule has 3 heterocycles. The minimum atomic E-state index is -3.19. The first-order chi connectivity index (χ1) is 15.2. The topological polar surface area (TPSA) is 106 Å².